The molecule has 1 fully saturated rings. The first-order valence-electron chi connectivity index (χ1n) is 5.15. The summed E-state index contributed by atoms with van der Waals surface area (Å²) in [6, 6.07) is 1.10. The molecule has 1 aliphatic heterocycles. The number of rotatable bonds is 2. The molecule has 1 saturated heterocycles. The molecule has 1 atom stereocenters. The number of hydrogen-bond acceptors (Lipinski definition) is 4. The van der Waals surface area contributed by atoms with Gasteiger partial charge in [0.25, 0.3) is 0 Å². The van der Waals surface area contributed by atoms with Crippen molar-refractivity contribution in [1.29, 1.82) is 0 Å². The van der Waals surface area contributed by atoms with Gasteiger partial charge in [-0.15, -0.1) is 0 Å². The van der Waals surface area contributed by atoms with Crippen molar-refractivity contribution in [1.82, 2.24) is 9.97 Å². The molecule has 0 bridgehead atoms. The fourth-order valence-corrected chi connectivity index (χ4v) is 2.09. The fraction of sp³-hybridized carbons (Fsp3) is 0.500. The number of nitrogens with zero attached hydrogens (tertiary/aromatic N) is 3. The predicted molar refractivity (Wildman–Crippen MR) is 59.7 cm³/mol. The van der Waals surface area contributed by atoms with Gasteiger partial charge in [0.2, 0.25) is 0 Å². The smallest absolute Gasteiger partial charge is 0.326 e. The van der Waals surface area contributed by atoms with E-state index in [2.05, 4.69) is 9.97 Å². The average molecular weight is 242 g/mol. The van der Waals surface area contributed by atoms with E-state index in [0.29, 0.717) is 23.9 Å². The third-order valence-corrected chi connectivity index (χ3v) is 2.91. The predicted octanol–water partition coefficient (Wildman–Crippen LogP) is 1.57. The number of piperidine rings is 1. The molecule has 0 radical (unpaired) electrons. The van der Waals surface area contributed by atoms with Crippen LogP contribution in [0.1, 0.15) is 19.3 Å². The Morgan fingerprint density at radius 1 is 1.50 bits per heavy atom. The Hall–Kier alpha value is -1.36. The number of aromatic nitrogens is 2. The van der Waals surface area contributed by atoms with E-state index < -0.39 is 12.0 Å². The number of hydrogen-bond donors (Lipinski definition) is 1. The topological polar surface area (TPSA) is 66.3 Å². The van der Waals surface area contributed by atoms with Gasteiger partial charge >= 0.3 is 5.97 Å². The molecule has 1 aromatic heterocycles. The minimum absolute atomic E-state index is 0.333. The molecule has 0 spiro atoms. The SMILES string of the molecule is O=C(O)C1CCCCN1c1cc(Cl)ncn1. The molecule has 0 aliphatic carbocycles. The van der Waals surface area contributed by atoms with Crippen LogP contribution < -0.4 is 4.90 Å². The van der Waals surface area contributed by atoms with Gasteiger partial charge in [0.15, 0.2) is 0 Å². The number of carboxylic acids is 1. The van der Waals surface area contributed by atoms with E-state index in [-0.39, 0.29) is 0 Å². The molecule has 6 heteroatoms. The summed E-state index contributed by atoms with van der Waals surface area (Å²) >= 11 is 5.77. The zero-order valence-corrected chi connectivity index (χ0v) is 9.39. The third-order valence-electron chi connectivity index (χ3n) is 2.70. The number of anilines is 1. The highest BCUT2D eigenvalue weighted by molar-refractivity contribution is 6.29. The van der Waals surface area contributed by atoms with Gasteiger partial charge in [-0.25, -0.2) is 14.8 Å². The Kier molecular flexibility index (Phi) is 3.24. The second kappa shape index (κ2) is 4.65. The molecule has 1 N–H and O–H groups in total. The van der Waals surface area contributed by atoms with Crippen molar-refractivity contribution in [2.75, 3.05) is 11.4 Å². The summed E-state index contributed by atoms with van der Waals surface area (Å²) in [6.07, 6.45) is 3.92. The van der Waals surface area contributed by atoms with Gasteiger partial charge in [0, 0.05) is 12.6 Å². The van der Waals surface area contributed by atoms with E-state index in [4.69, 9.17) is 16.7 Å². The first-order chi connectivity index (χ1) is 7.68. The van der Waals surface area contributed by atoms with Crippen LogP contribution in [0.15, 0.2) is 12.4 Å². The van der Waals surface area contributed by atoms with Crippen LogP contribution in [0.25, 0.3) is 0 Å². The van der Waals surface area contributed by atoms with Crippen molar-refractivity contribution in [2.45, 2.75) is 25.3 Å². The largest absolute Gasteiger partial charge is 0.480 e. The fourth-order valence-electron chi connectivity index (χ4n) is 1.94. The maximum absolute atomic E-state index is 11.1. The van der Waals surface area contributed by atoms with Crippen molar-refractivity contribution in [2.24, 2.45) is 0 Å². The van der Waals surface area contributed by atoms with Gasteiger partial charge in [0.05, 0.1) is 0 Å². The Bertz CT molecular complexity index is 399. The van der Waals surface area contributed by atoms with Crippen LogP contribution in [0.2, 0.25) is 5.15 Å². The monoisotopic (exact) mass is 241 g/mol. The molecule has 1 aromatic rings. The van der Waals surface area contributed by atoms with E-state index in [9.17, 15) is 4.79 Å². The highest BCUT2D eigenvalue weighted by Gasteiger charge is 2.29. The summed E-state index contributed by atoms with van der Waals surface area (Å²) in [5.74, 6) is -0.221. The van der Waals surface area contributed by atoms with Crippen LogP contribution in [0.3, 0.4) is 0 Å². The van der Waals surface area contributed by atoms with Crippen LogP contribution in [0, 0.1) is 0 Å². The maximum Gasteiger partial charge on any atom is 0.326 e. The summed E-state index contributed by atoms with van der Waals surface area (Å²) in [5.41, 5.74) is 0. The highest BCUT2D eigenvalue weighted by Crippen LogP contribution is 2.24. The first kappa shape index (κ1) is 11.1. The number of halogens is 1. The molecule has 1 unspecified atom stereocenters. The normalized spacial score (nSPS) is 20.8. The van der Waals surface area contributed by atoms with Gasteiger partial charge in [-0.3, -0.25) is 0 Å². The van der Waals surface area contributed by atoms with E-state index in [1.54, 1.807) is 11.0 Å². The van der Waals surface area contributed by atoms with Crippen molar-refractivity contribution in [3.63, 3.8) is 0 Å². The zero-order chi connectivity index (χ0) is 11.5. The summed E-state index contributed by atoms with van der Waals surface area (Å²) in [5, 5.41) is 9.45. The quantitative estimate of drug-likeness (QED) is 0.797. The molecule has 0 aromatic carbocycles. The van der Waals surface area contributed by atoms with Crippen LogP contribution in [-0.2, 0) is 4.79 Å². The third kappa shape index (κ3) is 2.24. The summed E-state index contributed by atoms with van der Waals surface area (Å²) in [4.78, 5) is 20.7. The van der Waals surface area contributed by atoms with Crippen LogP contribution in [-0.4, -0.2) is 33.6 Å². The Labute approximate surface area is 98.1 Å². The van der Waals surface area contributed by atoms with Crippen LogP contribution >= 0.6 is 11.6 Å². The summed E-state index contributed by atoms with van der Waals surface area (Å²) < 4.78 is 0. The lowest BCUT2D eigenvalue weighted by molar-refractivity contribution is -0.139. The second-order valence-electron chi connectivity index (χ2n) is 3.74. The number of aliphatic carboxylic acids is 1. The van der Waals surface area contributed by atoms with E-state index in [0.717, 1.165) is 12.8 Å². The minimum atomic E-state index is -0.811. The molecule has 5 nitrogen and oxygen atoms in total. The lowest BCUT2D eigenvalue weighted by Crippen LogP contribution is -2.45. The Balaban J connectivity index is 2.26. The van der Waals surface area contributed by atoms with Crippen molar-refractivity contribution >= 4 is 23.4 Å². The van der Waals surface area contributed by atoms with Crippen LogP contribution in [0.4, 0.5) is 5.82 Å². The lowest BCUT2D eigenvalue weighted by Gasteiger charge is -2.33. The van der Waals surface area contributed by atoms with Gasteiger partial charge in [0.1, 0.15) is 23.3 Å². The molecular formula is C10H12ClN3O2. The van der Waals surface area contributed by atoms with Gasteiger partial charge in [-0.1, -0.05) is 11.6 Å². The zero-order valence-electron chi connectivity index (χ0n) is 8.64. The molecule has 0 amide bonds. The maximum atomic E-state index is 11.1. The van der Waals surface area contributed by atoms with E-state index in [1.165, 1.54) is 6.33 Å². The number of carboxylic acid groups (broad SMARTS) is 1. The molecule has 0 saturated carbocycles. The summed E-state index contributed by atoms with van der Waals surface area (Å²) in [6.45, 7) is 0.699. The molecule has 2 heterocycles. The molecular weight excluding hydrogens is 230 g/mol. The standard InChI is InChI=1S/C10H12ClN3O2/c11-8-5-9(13-6-12-8)14-4-2-1-3-7(14)10(15)16/h5-7H,1-4H2,(H,15,16). The second-order valence-corrected chi connectivity index (χ2v) is 4.13. The summed E-state index contributed by atoms with van der Waals surface area (Å²) in [7, 11) is 0. The molecule has 2 rings (SSSR count). The lowest BCUT2D eigenvalue weighted by atomic mass is 10.0. The first-order valence-corrected chi connectivity index (χ1v) is 5.53. The van der Waals surface area contributed by atoms with Gasteiger partial charge < -0.3 is 10.0 Å². The Morgan fingerprint density at radius 2 is 2.31 bits per heavy atom. The highest BCUT2D eigenvalue weighted by atomic mass is 35.5. The molecule has 1 aliphatic rings. The molecule has 16 heavy (non-hydrogen) atoms. The van der Waals surface area contributed by atoms with Gasteiger partial charge in [-0.2, -0.15) is 0 Å². The van der Waals surface area contributed by atoms with Crippen LogP contribution in [0.5, 0.6) is 0 Å². The van der Waals surface area contributed by atoms with Crippen molar-refractivity contribution in [3.05, 3.63) is 17.5 Å². The number of carbonyl (C=O) groups is 1. The Morgan fingerprint density at radius 3 is 3.00 bits per heavy atom. The average Bonchev–Trinajstić information content (AvgIpc) is 2.29. The van der Waals surface area contributed by atoms with E-state index >= 15 is 0 Å². The van der Waals surface area contributed by atoms with Crippen molar-refractivity contribution in [3.8, 4) is 0 Å². The van der Waals surface area contributed by atoms with Gasteiger partial charge in [-0.05, 0) is 19.3 Å². The van der Waals surface area contributed by atoms with E-state index in [1.807, 2.05) is 0 Å². The molecule has 86 valence electrons. The minimum Gasteiger partial charge on any atom is -0.480 e. The van der Waals surface area contributed by atoms with Crippen molar-refractivity contribution < 1.29 is 9.90 Å².